The smallest absolute Gasteiger partial charge is 0.271 e. The second-order valence-electron chi connectivity index (χ2n) is 5.16. The third-order valence-corrected chi connectivity index (χ3v) is 3.70. The van der Waals surface area contributed by atoms with Crippen LogP contribution in [0.2, 0.25) is 0 Å². The van der Waals surface area contributed by atoms with E-state index in [1.54, 1.807) is 0 Å². The van der Waals surface area contributed by atoms with Crippen molar-refractivity contribution in [1.82, 2.24) is 15.1 Å². The van der Waals surface area contributed by atoms with E-state index in [-0.39, 0.29) is 11.9 Å². The molecule has 0 spiro atoms. The average Bonchev–Trinajstić information content (AvgIpc) is 2.98. The molecule has 0 radical (unpaired) electrons. The molecule has 20 heavy (non-hydrogen) atoms. The summed E-state index contributed by atoms with van der Waals surface area (Å²) in [5.74, 6) is 0.00609. The van der Waals surface area contributed by atoms with Crippen LogP contribution in [0.1, 0.15) is 23.3 Å². The molecule has 1 aliphatic heterocycles. The number of nitrogens with zero attached hydrogens (tertiary/aromatic N) is 2. The Morgan fingerprint density at radius 1 is 1.25 bits per heavy atom. The second-order valence-corrected chi connectivity index (χ2v) is 5.16. The van der Waals surface area contributed by atoms with Crippen LogP contribution in [0.5, 0.6) is 0 Å². The van der Waals surface area contributed by atoms with E-state index in [0.29, 0.717) is 5.69 Å². The van der Waals surface area contributed by atoms with Gasteiger partial charge >= 0.3 is 0 Å². The number of H-pyrrole nitrogens is 1. The highest BCUT2D eigenvalue weighted by molar-refractivity contribution is 5.93. The summed E-state index contributed by atoms with van der Waals surface area (Å²) < 4.78 is 0. The second kappa shape index (κ2) is 5.46. The Morgan fingerprint density at radius 3 is 2.65 bits per heavy atom. The maximum Gasteiger partial charge on any atom is 0.271 e. The molecule has 0 bridgehead atoms. The molecule has 1 aromatic carbocycles. The zero-order valence-electron chi connectivity index (χ0n) is 11.2. The molecule has 5 heteroatoms. The molecule has 2 aromatic rings. The maximum atomic E-state index is 12.4. The van der Waals surface area contributed by atoms with Crippen molar-refractivity contribution in [3.05, 3.63) is 42.1 Å². The Kier molecular flexibility index (Phi) is 3.52. The maximum absolute atomic E-state index is 12.4. The average molecular weight is 270 g/mol. The van der Waals surface area contributed by atoms with E-state index < -0.39 is 0 Å². The summed E-state index contributed by atoms with van der Waals surface area (Å²) >= 11 is 0. The highest BCUT2D eigenvalue weighted by Gasteiger charge is 2.23. The molecule has 5 nitrogen and oxygen atoms in total. The molecule has 2 heterocycles. The lowest BCUT2D eigenvalue weighted by Crippen LogP contribution is -2.42. The number of carbonyl (C=O) groups is 1. The van der Waals surface area contributed by atoms with Gasteiger partial charge in [-0.05, 0) is 18.9 Å². The van der Waals surface area contributed by atoms with Gasteiger partial charge < -0.3 is 10.6 Å². The van der Waals surface area contributed by atoms with Crippen LogP contribution in [0, 0.1) is 0 Å². The molecule has 1 aliphatic rings. The van der Waals surface area contributed by atoms with Crippen LogP contribution in [0.15, 0.2) is 36.4 Å². The van der Waals surface area contributed by atoms with Crippen molar-refractivity contribution in [2.24, 2.45) is 5.73 Å². The van der Waals surface area contributed by atoms with Crippen LogP contribution in [0.3, 0.4) is 0 Å². The summed E-state index contributed by atoms with van der Waals surface area (Å²) in [6.07, 6.45) is 1.73. The highest BCUT2D eigenvalue weighted by atomic mass is 16.2. The first-order valence-corrected chi connectivity index (χ1v) is 6.90. The largest absolute Gasteiger partial charge is 0.337 e. The van der Waals surface area contributed by atoms with Gasteiger partial charge in [0.1, 0.15) is 5.69 Å². The predicted octanol–water partition coefficient (Wildman–Crippen LogP) is 1.64. The standard InChI is InChI=1S/C15H18N4O/c16-12-6-8-19(9-7-12)15(20)14-10-13(17-18-14)11-4-2-1-3-5-11/h1-5,10,12H,6-9,16H2,(H,17,18). The zero-order chi connectivity index (χ0) is 13.9. The lowest BCUT2D eigenvalue weighted by molar-refractivity contribution is 0.0709. The van der Waals surface area contributed by atoms with Gasteiger partial charge in [0.2, 0.25) is 0 Å². The van der Waals surface area contributed by atoms with Gasteiger partial charge in [-0.25, -0.2) is 0 Å². The van der Waals surface area contributed by atoms with Crippen molar-refractivity contribution in [2.75, 3.05) is 13.1 Å². The SMILES string of the molecule is NC1CCN(C(=O)c2cc(-c3ccccc3)n[nH]2)CC1. The van der Waals surface area contributed by atoms with Crippen LogP contribution in [0.4, 0.5) is 0 Å². The molecule has 1 aromatic heterocycles. The number of piperidine rings is 1. The van der Waals surface area contributed by atoms with Gasteiger partial charge in [-0.2, -0.15) is 5.10 Å². The number of hydrogen-bond donors (Lipinski definition) is 2. The number of hydrogen-bond acceptors (Lipinski definition) is 3. The predicted molar refractivity (Wildman–Crippen MR) is 77.1 cm³/mol. The first-order valence-electron chi connectivity index (χ1n) is 6.90. The van der Waals surface area contributed by atoms with Crippen molar-refractivity contribution in [3.8, 4) is 11.3 Å². The number of aromatic nitrogens is 2. The molecule has 1 saturated heterocycles. The molecule has 3 N–H and O–H groups in total. The summed E-state index contributed by atoms with van der Waals surface area (Å²) in [5, 5.41) is 7.06. The number of aromatic amines is 1. The Balaban J connectivity index is 1.75. The summed E-state index contributed by atoms with van der Waals surface area (Å²) in [4.78, 5) is 14.2. The van der Waals surface area contributed by atoms with Crippen molar-refractivity contribution in [2.45, 2.75) is 18.9 Å². The lowest BCUT2D eigenvalue weighted by Gasteiger charge is -2.29. The zero-order valence-corrected chi connectivity index (χ0v) is 11.2. The van der Waals surface area contributed by atoms with E-state index in [4.69, 9.17) is 5.73 Å². The Morgan fingerprint density at radius 2 is 1.95 bits per heavy atom. The molecule has 0 atom stereocenters. The third kappa shape index (κ3) is 2.58. The molecule has 1 amide bonds. The van der Waals surface area contributed by atoms with Gasteiger partial charge in [0.15, 0.2) is 0 Å². The van der Waals surface area contributed by atoms with Gasteiger partial charge in [0.05, 0.1) is 5.69 Å². The number of amides is 1. The minimum absolute atomic E-state index is 0.00609. The molecule has 3 rings (SSSR count). The lowest BCUT2D eigenvalue weighted by atomic mass is 10.1. The first kappa shape index (κ1) is 12.9. The molecular weight excluding hydrogens is 252 g/mol. The number of benzene rings is 1. The minimum Gasteiger partial charge on any atom is -0.337 e. The fourth-order valence-corrected chi connectivity index (χ4v) is 2.46. The van der Waals surface area contributed by atoms with Crippen molar-refractivity contribution < 1.29 is 4.79 Å². The number of nitrogens with two attached hydrogens (primary N) is 1. The monoisotopic (exact) mass is 270 g/mol. The molecule has 0 aliphatic carbocycles. The quantitative estimate of drug-likeness (QED) is 0.871. The van der Waals surface area contributed by atoms with Crippen molar-refractivity contribution >= 4 is 5.91 Å². The van der Waals surface area contributed by atoms with E-state index >= 15 is 0 Å². The third-order valence-electron chi connectivity index (χ3n) is 3.70. The Hall–Kier alpha value is -2.14. The minimum atomic E-state index is 0.00609. The molecule has 0 unspecified atom stereocenters. The summed E-state index contributed by atoms with van der Waals surface area (Å²) in [5.41, 5.74) is 8.20. The summed E-state index contributed by atoms with van der Waals surface area (Å²) in [6, 6.07) is 11.9. The van der Waals surface area contributed by atoms with Gasteiger partial charge in [0, 0.05) is 24.7 Å². The van der Waals surface area contributed by atoms with E-state index in [1.807, 2.05) is 41.3 Å². The first-order chi connectivity index (χ1) is 9.74. The Labute approximate surface area is 117 Å². The number of likely N-dealkylation sites (tertiary alicyclic amines) is 1. The fraction of sp³-hybridized carbons (Fsp3) is 0.333. The topological polar surface area (TPSA) is 75.0 Å². The van der Waals surface area contributed by atoms with Crippen LogP contribution in [-0.4, -0.2) is 40.1 Å². The highest BCUT2D eigenvalue weighted by Crippen LogP contribution is 2.18. The normalized spacial score (nSPS) is 16.4. The van der Waals surface area contributed by atoms with Crippen molar-refractivity contribution in [1.29, 1.82) is 0 Å². The van der Waals surface area contributed by atoms with Gasteiger partial charge in [-0.3, -0.25) is 9.89 Å². The number of nitrogens with one attached hydrogen (secondary N) is 1. The molecular formula is C15H18N4O. The molecule has 0 saturated carbocycles. The van der Waals surface area contributed by atoms with Gasteiger partial charge in [0.25, 0.3) is 5.91 Å². The van der Waals surface area contributed by atoms with Crippen molar-refractivity contribution in [3.63, 3.8) is 0 Å². The van der Waals surface area contributed by atoms with Crippen LogP contribution < -0.4 is 5.73 Å². The molecule has 1 fully saturated rings. The van der Waals surface area contributed by atoms with Gasteiger partial charge in [-0.15, -0.1) is 0 Å². The van der Waals surface area contributed by atoms with E-state index in [0.717, 1.165) is 37.2 Å². The Bertz CT molecular complexity index is 585. The van der Waals surface area contributed by atoms with Crippen LogP contribution in [-0.2, 0) is 0 Å². The van der Waals surface area contributed by atoms with Crippen LogP contribution >= 0.6 is 0 Å². The van der Waals surface area contributed by atoms with E-state index in [9.17, 15) is 4.79 Å². The van der Waals surface area contributed by atoms with E-state index in [2.05, 4.69) is 10.2 Å². The van der Waals surface area contributed by atoms with Crippen LogP contribution in [0.25, 0.3) is 11.3 Å². The summed E-state index contributed by atoms with van der Waals surface area (Å²) in [6.45, 7) is 1.44. The van der Waals surface area contributed by atoms with E-state index in [1.165, 1.54) is 0 Å². The summed E-state index contributed by atoms with van der Waals surface area (Å²) in [7, 11) is 0. The number of carbonyl (C=O) groups excluding carboxylic acids is 1. The fourth-order valence-electron chi connectivity index (χ4n) is 2.46. The molecule has 104 valence electrons. The van der Waals surface area contributed by atoms with Gasteiger partial charge in [-0.1, -0.05) is 30.3 Å². The number of rotatable bonds is 2.